The van der Waals surface area contributed by atoms with Gasteiger partial charge in [0.2, 0.25) is 0 Å². The number of para-hydroxylation sites is 2. The molecule has 8 fully saturated rings. The summed E-state index contributed by atoms with van der Waals surface area (Å²) in [5.41, 5.74) is 30.8. The fraction of sp³-hybridized carbons (Fsp3) is 0.212. The van der Waals surface area contributed by atoms with E-state index in [1.54, 1.807) is 22.3 Å². The van der Waals surface area contributed by atoms with E-state index < -0.39 is 0 Å². The second kappa shape index (κ2) is 25.8. The summed E-state index contributed by atoms with van der Waals surface area (Å²) in [6.45, 7) is 0. The maximum absolute atomic E-state index is 2.58. The Hall–Kier alpha value is -11.3. The van der Waals surface area contributed by atoms with Crippen LogP contribution in [0.4, 0.5) is 34.1 Å². The molecule has 10 aliphatic rings. The van der Waals surface area contributed by atoms with Crippen LogP contribution in [0.2, 0.25) is 0 Å². The number of anilines is 6. The van der Waals surface area contributed by atoms with Crippen LogP contribution in [-0.4, -0.2) is 4.57 Å². The molecule has 0 unspecified atom stereocenters. The average Bonchev–Trinajstić information content (AvgIpc) is 1.54. The Bertz CT molecular complexity index is 5780. The van der Waals surface area contributed by atoms with Crippen molar-refractivity contribution < 1.29 is 0 Å². The summed E-state index contributed by atoms with van der Waals surface area (Å²) in [4.78, 5) is 5.13. The van der Waals surface area contributed by atoms with Gasteiger partial charge < -0.3 is 14.4 Å². The Kier molecular flexibility index (Phi) is 15.7. The number of benzene rings is 14. The molecule has 1 heterocycles. The molecule has 10 aliphatic carbocycles. The van der Waals surface area contributed by atoms with E-state index in [4.69, 9.17) is 0 Å². The van der Waals surface area contributed by atoms with Gasteiger partial charge in [-0.1, -0.05) is 276 Å². The van der Waals surface area contributed by atoms with Gasteiger partial charge >= 0.3 is 0 Å². The van der Waals surface area contributed by atoms with E-state index in [1.807, 2.05) is 0 Å². The Morgan fingerprint density at radius 3 is 1.10 bits per heavy atom. The minimum Gasteiger partial charge on any atom is -0.310 e. The molecule has 14 aromatic carbocycles. The predicted molar refractivity (Wildman–Crippen MR) is 450 cm³/mol. The molecule has 15 aromatic rings. The van der Waals surface area contributed by atoms with E-state index in [0.717, 1.165) is 47.3 Å². The topological polar surface area (TPSA) is 11.4 Å². The number of hydrogen-bond acceptors (Lipinski definition) is 2. The molecule has 2 spiro atoms. The molecule has 0 radical (unpaired) electrons. The molecule has 107 heavy (non-hydrogen) atoms. The number of nitrogens with zero attached hydrogens (tertiary/aromatic N) is 3. The number of rotatable bonds is 10. The molecule has 3 heteroatoms. The molecule has 522 valence electrons. The van der Waals surface area contributed by atoms with Gasteiger partial charge in [0.05, 0.1) is 28.1 Å². The molecule has 25 rings (SSSR count). The van der Waals surface area contributed by atoms with Gasteiger partial charge in [-0.2, -0.15) is 0 Å². The number of fused-ring (bicyclic) bond motifs is 10. The molecule has 3 nitrogen and oxygen atoms in total. The molecular weight excluding hydrogens is 1290 g/mol. The van der Waals surface area contributed by atoms with Crippen molar-refractivity contribution in [1.82, 2.24) is 4.57 Å². The van der Waals surface area contributed by atoms with Crippen molar-refractivity contribution >= 4 is 66.7 Å². The second-order valence-corrected chi connectivity index (χ2v) is 32.3. The summed E-state index contributed by atoms with van der Waals surface area (Å²) in [5.74, 6) is 6.60. The first kappa shape index (κ1) is 65.3. The Labute approximate surface area is 631 Å². The highest BCUT2D eigenvalue weighted by Crippen LogP contribution is 2.72. The molecule has 0 amide bonds. The van der Waals surface area contributed by atoms with Crippen molar-refractivity contribution in [3.05, 3.63) is 356 Å². The lowest BCUT2D eigenvalue weighted by molar-refractivity contribution is -0.0399. The Balaban J connectivity index is 0.000000139. The van der Waals surface area contributed by atoms with Crippen LogP contribution in [0.15, 0.2) is 334 Å². The average molecular weight is 1380 g/mol. The summed E-state index contributed by atoms with van der Waals surface area (Å²) >= 11 is 0. The van der Waals surface area contributed by atoms with Crippen molar-refractivity contribution in [2.24, 2.45) is 47.3 Å². The minimum atomic E-state index is 0. The smallest absolute Gasteiger partial charge is 0.0543 e. The fourth-order valence-corrected chi connectivity index (χ4v) is 23.8. The fourth-order valence-electron chi connectivity index (χ4n) is 23.8. The molecule has 0 saturated heterocycles. The van der Waals surface area contributed by atoms with Gasteiger partial charge in [0.25, 0.3) is 0 Å². The molecule has 0 N–H and O–H groups in total. The molecule has 0 atom stereocenters. The van der Waals surface area contributed by atoms with Crippen molar-refractivity contribution in [3.63, 3.8) is 0 Å². The van der Waals surface area contributed by atoms with Crippen LogP contribution in [0.25, 0.3) is 93.9 Å². The number of hydrogen-bond donors (Lipinski definition) is 0. The monoisotopic (exact) mass is 1380 g/mol. The maximum atomic E-state index is 2.58. The first-order chi connectivity index (χ1) is 52.0. The van der Waals surface area contributed by atoms with Crippen LogP contribution >= 0.6 is 0 Å². The first-order valence-corrected chi connectivity index (χ1v) is 39.1. The second-order valence-electron chi connectivity index (χ2n) is 32.3. The zero-order valence-electron chi connectivity index (χ0n) is 59.3. The third-order valence-corrected chi connectivity index (χ3v) is 27.2. The summed E-state index contributed by atoms with van der Waals surface area (Å²) in [6.07, 6.45) is 14.0. The molecule has 8 bridgehead atoms. The summed E-state index contributed by atoms with van der Waals surface area (Å²) in [7, 11) is 0. The molecular formula is C104H91N3. The van der Waals surface area contributed by atoms with E-state index in [-0.39, 0.29) is 25.7 Å². The quantitative estimate of drug-likeness (QED) is 0.135. The van der Waals surface area contributed by atoms with Crippen LogP contribution in [0, 0.1) is 47.3 Å². The van der Waals surface area contributed by atoms with Crippen LogP contribution in [0.1, 0.15) is 101 Å². The van der Waals surface area contributed by atoms with Gasteiger partial charge in [0, 0.05) is 60.9 Å². The first-order valence-electron chi connectivity index (χ1n) is 39.1. The van der Waals surface area contributed by atoms with E-state index in [9.17, 15) is 0 Å². The standard InChI is InChI=1S/C52H42N2.C50H41N.2CH4/c1-2-12-36(13-3-1)37-24-26-40(27-25-37)53(41-14-10-15-42(33-41)54-48-21-8-5-16-43(48)44-17-6-9-22-49(44)54)50-23-11-20-47-51(50)45-18-4-7-19-46(45)52(47)38-29-34-28-35(31-38)32-39(52)30-34;1-3-12-35(13-4-1)36-22-24-40(25-23-36)51(47-27-26-41(37-14-5-2-6-15-37)42-16-7-8-17-43(42)47)48-21-11-20-46-49(48)44-18-9-10-19-45(44)50(46)38-29-33-28-34(31-38)32-39(50)30-33;;/h1-27,33-35,38-39H,28-32H2;1-27,33-34,38-39H,28-32H2;2*1H4. The van der Waals surface area contributed by atoms with Crippen molar-refractivity contribution in [2.45, 2.75) is 89.9 Å². The van der Waals surface area contributed by atoms with Gasteiger partial charge in [0.15, 0.2) is 0 Å². The van der Waals surface area contributed by atoms with Gasteiger partial charge in [0.1, 0.15) is 0 Å². The summed E-state index contributed by atoms with van der Waals surface area (Å²) < 4.78 is 2.44. The lowest BCUT2D eigenvalue weighted by atomic mass is 9.43. The van der Waals surface area contributed by atoms with Crippen LogP contribution in [0.3, 0.4) is 0 Å². The minimum absolute atomic E-state index is 0. The molecule has 8 saturated carbocycles. The van der Waals surface area contributed by atoms with Gasteiger partial charge in [-0.25, -0.2) is 0 Å². The zero-order valence-corrected chi connectivity index (χ0v) is 59.3. The lowest BCUT2D eigenvalue weighted by Crippen LogP contribution is -2.55. The number of aromatic nitrogens is 1. The van der Waals surface area contributed by atoms with E-state index >= 15 is 0 Å². The zero-order chi connectivity index (χ0) is 68.9. The normalized spacial score (nSPS) is 23.1. The molecule has 1 aromatic heterocycles. The van der Waals surface area contributed by atoms with Crippen molar-refractivity contribution in [1.29, 1.82) is 0 Å². The van der Waals surface area contributed by atoms with Gasteiger partial charge in [-0.15, -0.1) is 0 Å². The van der Waals surface area contributed by atoms with Crippen molar-refractivity contribution in [3.8, 4) is 61.3 Å². The summed E-state index contributed by atoms with van der Waals surface area (Å²) in [6, 6.07) is 125. The highest BCUT2D eigenvalue weighted by atomic mass is 15.2. The van der Waals surface area contributed by atoms with Crippen molar-refractivity contribution in [2.75, 3.05) is 9.80 Å². The largest absolute Gasteiger partial charge is 0.310 e. The Morgan fingerprint density at radius 1 is 0.243 bits per heavy atom. The van der Waals surface area contributed by atoms with E-state index in [0.29, 0.717) is 0 Å². The van der Waals surface area contributed by atoms with Gasteiger partial charge in [-0.3, -0.25) is 0 Å². The summed E-state index contributed by atoms with van der Waals surface area (Å²) in [5, 5.41) is 5.10. The third kappa shape index (κ3) is 9.91. The van der Waals surface area contributed by atoms with Crippen LogP contribution in [0.5, 0.6) is 0 Å². The Morgan fingerprint density at radius 2 is 0.617 bits per heavy atom. The predicted octanol–water partition coefficient (Wildman–Crippen LogP) is 28.3. The molecule has 0 aliphatic heterocycles. The van der Waals surface area contributed by atoms with Gasteiger partial charge in [-0.05, 0) is 256 Å². The van der Waals surface area contributed by atoms with E-state index in [1.165, 1.54) is 192 Å². The van der Waals surface area contributed by atoms with E-state index in [2.05, 4.69) is 348 Å². The van der Waals surface area contributed by atoms with Crippen LogP contribution < -0.4 is 9.80 Å². The third-order valence-electron chi connectivity index (χ3n) is 27.2. The van der Waals surface area contributed by atoms with Crippen LogP contribution in [-0.2, 0) is 10.8 Å². The SMILES string of the molecule is C.C.c1ccc(-c2ccc(N(c3cccc(-n4c5ccccc5c5ccccc54)c3)c3cccc4c3-c3ccccc3C43C4CC5CC(C4)CC3C5)cc2)cc1.c1ccc(-c2ccc(N(c3cccc4c3-c3ccccc3C43C4CC5CC(C4)CC3C5)c3ccc(-c4ccccc4)c4ccccc34)cc2)cc1. The highest BCUT2D eigenvalue weighted by Gasteiger charge is 2.63. The highest BCUT2D eigenvalue weighted by molar-refractivity contribution is 6.10. The lowest BCUT2D eigenvalue weighted by Gasteiger charge is -2.61. The maximum Gasteiger partial charge on any atom is 0.0543 e.